The molecule has 1 heterocycles. The first-order chi connectivity index (χ1) is 15.6. The first kappa shape index (κ1) is 23.0. The highest BCUT2D eigenvalue weighted by atomic mass is 16.5. The van der Waals surface area contributed by atoms with Gasteiger partial charge in [-0.15, -0.1) is 0 Å². The monoisotopic (exact) mass is 444 g/mol. The zero-order chi connectivity index (χ0) is 23.8. The Labute approximate surface area is 195 Å². The molecule has 0 radical (unpaired) electrons. The van der Waals surface area contributed by atoms with Crippen LogP contribution in [0.3, 0.4) is 0 Å². The van der Waals surface area contributed by atoms with Gasteiger partial charge in [0.15, 0.2) is 6.61 Å². The number of carbonyl (C=O) groups excluding carboxylic acids is 2. The van der Waals surface area contributed by atoms with Crippen LogP contribution in [0, 0.1) is 25.2 Å². The minimum atomic E-state index is -0.462. The molecule has 1 amide bonds. The Morgan fingerprint density at radius 2 is 1.88 bits per heavy atom. The molecular weight excluding hydrogens is 412 g/mol. The minimum absolute atomic E-state index is 0.135. The molecular formula is C28H32N2O3. The normalized spacial score (nSPS) is 15.7. The van der Waals surface area contributed by atoms with Gasteiger partial charge in [0, 0.05) is 16.8 Å². The van der Waals surface area contributed by atoms with Crippen molar-refractivity contribution in [2.24, 2.45) is 11.3 Å². The number of hydrogen-bond donors (Lipinski definition) is 1. The molecule has 1 unspecified atom stereocenters. The third-order valence-corrected chi connectivity index (χ3v) is 6.69. The average Bonchev–Trinajstić information content (AvgIpc) is 2.77. The summed E-state index contributed by atoms with van der Waals surface area (Å²) >= 11 is 0. The maximum absolute atomic E-state index is 13.3. The number of esters is 1. The van der Waals surface area contributed by atoms with E-state index in [0.717, 1.165) is 58.2 Å². The van der Waals surface area contributed by atoms with E-state index in [1.54, 1.807) is 0 Å². The van der Waals surface area contributed by atoms with E-state index in [0.29, 0.717) is 11.5 Å². The lowest BCUT2D eigenvalue weighted by Gasteiger charge is -2.35. The van der Waals surface area contributed by atoms with Crippen molar-refractivity contribution < 1.29 is 14.3 Å². The van der Waals surface area contributed by atoms with Crippen molar-refractivity contribution in [1.82, 2.24) is 4.98 Å². The van der Waals surface area contributed by atoms with Crippen LogP contribution >= 0.6 is 0 Å². The van der Waals surface area contributed by atoms with Crippen LogP contribution in [0.5, 0.6) is 0 Å². The van der Waals surface area contributed by atoms with Crippen molar-refractivity contribution in [3.8, 4) is 0 Å². The van der Waals surface area contributed by atoms with Crippen LogP contribution in [-0.2, 0) is 22.4 Å². The predicted molar refractivity (Wildman–Crippen MR) is 132 cm³/mol. The van der Waals surface area contributed by atoms with Crippen molar-refractivity contribution in [3.63, 3.8) is 0 Å². The molecule has 4 rings (SSSR count). The van der Waals surface area contributed by atoms with Gasteiger partial charge in [0.1, 0.15) is 0 Å². The van der Waals surface area contributed by atoms with Crippen LogP contribution in [0.1, 0.15) is 59.9 Å². The van der Waals surface area contributed by atoms with Crippen LogP contribution in [0.15, 0.2) is 42.5 Å². The second kappa shape index (κ2) is 8.97. The number of nitrogens with zero attached hydrogens (tertiary/aromatic N) is 1. The highest BCUT2D eigenvalue weighted by molar-refractivity contribution is 6.06. The van der Waals surface area contributed by atoms with Gasteiger partial charge in [-0.3, -0.25) is 9.78 Å². The van der Waals surface area contributed by atoms with Gasteiger partial charge in [0.05, 0.1) is 11.1 Å². The third-order valence-electron chi connectivity index (χ3n) is 6.69. The van der Waals surface area contributed by atoms with Gasteiger partial charge >= 0.3 is 5.97 Å². The van der Waals surface area contributed by atoms with Crippen molar-refractivity contribution >= 4 is 28.5 Å². The maximum Gasteiger partial charge on any atom is 0.339 e. The highest BCUT2D eigenvalue weighted by Gasteiger charge is 2.33. The summed E-state index contributed by atoms with van der Waals surface area (Å²) in [5.41, 5.74) is 6.17. The Morgan fingerprint density at radius 3 is 2.64 bits per heavy atom. The van der Waals surface area contributed by atoms with Gasteiger partial charge in [-0.25, -0.2) is 4.79 Å². The molecule has 5 nitrogen and oxygen atoms in total. The summed E-state index contributed by atoms with van der Waals surface area (Å²) in [4.78, 5) is 30.7. The molecule has 1 aromatic heterocycles. The Bertz CT molecular complexity index is 1220. The number of fused-ring (bicyclic) bond motifs is 2. The summed E-state index contributed by atoms with van der Waals surface area (Å²) in [6, 6.07) is 13.5. The summed E-state index contributed by atoms with van der Waals surface area (Å²) in [5.74, 6) is -0.362. The quantitative estimate of drug-likeness (QED) is 0.517. The molecule has 2 aromatic carbocycles. The number of anilines is 1. The Kier molecular flexibility index (Phi) is 6.24. The van der Waals surface area contributed by atoms with Crippen LogP contribution in [-0.4, -0.2) is 23.5 Å². The molecule has 0 saturated heterocycles. The van der Waals surface area contributed by atoms with Gasteiger partial charge in [-0.2, -0.15) is 0 Å². The molecule has 5 heteroatoms. The maximum atomic E-state index is 13.3. The molecule has 0 bridgehead atoms. The molecule has 3 aromatic rings. The zero-order valence-electron chi connectivity index (χ0n) is 20.1. The zero-order valence-corrected chi connectivity index (χ0v) is 20.1. The lowest BCUT2D eigenvalue weighted by atomic mass is 9.70. The summed E-state index contributed by atoms with van der Waals surface area (Å²) < 4.78 is 5.55. The molecule has 1 N–H and O–H groups in total. The van der Waals surface area contributed by atoms with Gasteiger partial charge in [0.25, 0.3) is 5.91 Å². The van der Waals surface area contributed by atoms with Crippen LogP contribution < -0.4 is 5.32 Å². The van der Waals surface area contributed by atoms with Gasteiger partial charge < -0.3 is 10.1 Å². The smallest absolute Gasteiger partial charge is 0.339 e. The van der Waals surface area contributed by atoms with Gasteiger partial charge in [-0.1, -0.05) is 51.1 Å². The molecule has 1 aliphatic carbocycles. The number of rotatable bonds is 4. The second-order valence-corrected chi connectivity index (χ2v) is 10.2. The second-order valence-electron chi connectivity index (χ2n) is 10.2. The molecule has 1 atom stereocenters. The number of carbonyl (C=O) groups is 2. The largest absolute Gasteiger partial charge is 0.452 e. The summed E-state index contributed by atoms with van der Waals surface area (Å²) in [6.45, 7) is 10.3. The average molecular weight is 445 g/mol. The van der Waals surface area contributed by atoms with Crippen LogP contribution in [0.4, 0.5) is 5.69 Å². The molecule has 0 saturated carbocycles. The van der Waals surface area contributed by atoms with Crippen molar-refractivity contribution in [3.05, 3.63) is 70.4 Å². The summed E-state index contributed by atoms with van der Waals surface area (Å²) in [5, 5.41) is 3.64. The summed E-state index contributed by atoms with van der Waals surface area (Å²) in [6.07, 6.45) is 2.68. The number of aromatic nitrogens is 1. The van der Waals surface area contributed by atoms with E-state index >= 15 is 0 Å². The number of pyridine rings is 1. The Balaban J connectivity index is 1.60. The Morgan fingerprint density at radius 1 is 1.12 bits per heavy atom. The van der Waals surface area contributed by atoms with E-state index in [2.05, 4.69) is 26.1 Å². The SMILES string of the molecule is Cc1ccc(C)c(NC(=O)COC(=O)c2c3c(nc4ccccc24)CCC(C(C)(C)C)C3)c1. The highest BCUT2D eigenvalue weighted by Crippen LogP contribution is 2.39. The standard InChI is InChI=1S/C28H32N2O3/c1-17-10-11-18(2)24(14-17)30-25(31)16-33-27(32)26-20-8-6-7-9-22(20)29-23-13-12-19(15-21(23)26)28(3,4)5/h6-11,14,19H,12-13,15-16H2,1-5H3,(H,30,31). The number of nitrogens with one attached hydrogen (secondary N) is 1. The predicted octanol–water partition coefficient (Wildman–Crippen LogP) is 5.80. The first-order valence-electron chi connectivity index (χ1n) is 11.6. The fraction of sp³-hybridized carbons (Fsp3) is 0.393. The number of hydrogen-bond acceptors (Lipinski definition) is 4. The van der Waals surface area contributed by atoms with Gasteiger partial charge in [0.2, 0.25) is 0 Å². The fourth-order valence-electron chi connectivity index (χ4n) is 4.62. The van der Waals surface area contributed by atoms with Crippen molar-refractivity contribution in [2.75, 3.05) is 11.9 Å². The molecule has 33 heavy (non-hydrogen) atoms. The minimum Gasteiger partial charge on any atom is -0.452 e. The number of aryl methyl sites for hydroxylation is 3. The number of amides is 1. The molecule has 0 spiro atoms. The number of benzene rings is 2. The fourth-order valence-corrected chi connectivity index (χ4v) is 4.62. The summed E-state index contributed by atoms with van der Waals surface area (Å²) in [7, 11) is 0. The van der Waals surface area contributed by atoms with Crippen molar-refractivity contribution in [1.29, 1.82) is 0 Å². The van der Waals surface area contributed by atoms with Crippen LogP contribution in [0.2, 0.25) is 0 Å². The first-order valence-corrected chi connectivity index (χ1v) is 11.6. The lowest BCUT2D eigenvalue weighted by molar-refractivity contribution is -0.119. The van der Waals surface area contributed by atoms with E-state index in [-0.39, 0.29) is 17.9 Å². The van der Waals surface area contributed by atoms with E-state index in [1.807, 2.05) is 56.3 Å². The molecule has 0 aliphatic heterocycles. The topological polar surface area (TPSA) is 68.3 Å². The lowest BCUT2D eigenvalue weighted by Crippen LogP contribution is -2.29. The van der Waals surface area contributed by atoms with E-state index in [4.69, 9.17) is 9.72 Å². The van der Waals surface area contributed by atoms with E-state index in [9.17, 15) is 9.59 Å². The van der Waals surface area contributed by atoms with Gasteiger partial charge in [-0.05, 0) is 73.3 Å². The molecule has 1 aliphatic rings. The van der Waals surface area contributed by atoms with E-state index in [1.165, 1.54) is 0 Å². The molecule has 0 fully saturated rings. The number of ether oxygens (including phenoxy) is 1. The van der Waals surface area contributed by atoms with E-state index < -0.39 is 5.97 Å². The van der Waals surface area contributed by atoms with Crippen molar-refractivity contribution in [2.45, 2.75) is 53.9 Å². The third kappa shape index (κ3) is 4.92. The Hall–Kier alpha value is -3.21. The van der Waals surface area contributed by atoms with Crippen LogP contribution in [0.25, 0.3) is 10.9 Å². The number of para-hydroxylation sites is 1. The molecule has 172 valence electrons.